The highest BCUT2D eigenvalue weighted by Crippen LogP contribution is 2.31. The zero-order valence-electron chi connectivity index (χ0n) is 25.9. The summed E-state index contributed by atoms with van der Waals surface area (Å²) < 4.78 is 40.5. The second-order valence-corrected chi connectivity index (χ2v) is 13.4. The second kappa shape index (κ2) is 14.5. The van der Waals surface area contributed by atoms with Crippen LogP contribution in [0.1, 0.15) is 37.0 Å². The van der Waals surface area contributed by atoms with Crippen LogP contribution in [0.15, 0.2) is 90.1 Å². The number of esters is 2. The van der Waals surface area contributed by atoms with Crippen LogP contribution in [0.3, 0.4) is 0 Å². The van der Waals surface area contributed by atoms with E-state index in [1.807, 2.05) is 0 Å². The molecule has 4 aromatic rings. The lowest BCUT2D eigenvalue weighted by Gasteiger charge is -2.45. The van der Waals surface area contributed by atoms with Gasteiger partial charge in [-0.3, -0.25) is 14.4 Å². The van der Waals surface area contributed by atoms with E-state index in [0.717, 1.165) is 16.5 Å². The predicted octanol–water partition coefficient (Wildman–Crippen LogP) is 4.58. The second-order valence-electron chi connectivity index (χ2n) is 11.0. The highest BCUT2D eigenvalue weighted by atomic mass is 35.5. The fraction of sp³-hybridized carbons (Fsp3) is 0.294. The van der Waals surface area contributed by atoms with Gasteiger partial charge in [-0.2, -0.15) is 9.04 Å². The molecule has 13 heteroatoms. The van der Waals surface area contributed by atoms with Crippen LogP contribution in [0.4, 0.5) is 0 Å². The summed E-state index contributed by atoms with van der Waals surface area (Å²) >= 11 is 6.11. The first-order valence-electron chi connectivity index (χ1n) is 15.1. The number of carbonyl (C=O) groups excluding carboxylic acids is 3. The molecule has 2 atom stereocenters. The number of ether oxygens (including phenoxy) is 2. The molecule has 1 aliphatic rings. The monoisotopic (exact) mass is 679 g/mol. The van der Waals surface area contributed by atoms with E-state index in [9.17, 15) is 28.0 Å². The molecule has 0 spiro atoms. The van der Waals surface area contributed by atoms with Crippen molar-refractivity contribution in [1.82, 2.24) is 9.21 Å². The summed E-state index contributed by atoms with van der Waals surface area (Å²) in [6.07, 6.45) is 2.15. The van der Waals surface area contributed by atoms with Crippen LogP contribution in [0.25, 0.3) is 21.9 Å². The number of nitrogens with zero attached hydrogens (tertiary/aromatic N) is 3. The average Bonchev–Trinajstić information content (AvgIpc) is 3.04. The normalized spacial score (nSPS) is 17.0. The lowest BCUT2D eigenvalue weighted by molar-refractivity contribution is -0.605. The Labute approximate surface area is 277 Å². The van der Waals surface area contributed by atoms with E-state index >= 15 is 0 Å². The SMILES string of the molecule is CCOC(=O)CC1CN(S(=O)(=O)c2ccc3cc(Cl)ccc3c2)CC(CC(=O)OCC)N1C(=O)c1ccc(-c2cc[n+]([O-])cc2)cc1. The number of pyridine rings is 1. The number of amides is 1. The maximum Gasteiger partial charge on any atom is 0.307 e. The molecule has 0 saturated carbocycles. The molecule has 47 heavy (non-hydrogen) atoms. The number of hydrogen-bond donors (Lipinski definition) is 0. The molecular formula is C34H34ClN3O8S. The van der Waals surface area contributed by atoms with Crippen molar-refractivity contribution in [1.29, 1.82) is 0 Å². The number of piperazine rings is 1. The molecule has 11 nitrogen and oxygen atoms in total. The van der Waals surface area contributed by atoms with E-state index < -0.39 is 40.0 Å². The van der Waals surface area contributed by atoms with E-state index in [-0.39, 0.29) is 49.6 Å². The minimum atomic E-state index is -4.14. The molecular weight excluding hydrogens is 646 g/mol. The molecule has 1 fully saturated rings. The van der Waals surface area contributed by atoms with Crippen LogP contribution in [0.5, 0.6) is 0 Å². The molecule has 0 aliphatic carbocycles. The summed E-state index contributed by atoms with van der Waals surface area (Å²) in [4.78, 5) is 41.3. The van der Waals surface area contributed by atoms with E-state index in [1.165, 1.54) is 27.7 Å². The Kier molecular flexibility index (Phi) is 10.4. The summed E-state index contributed by atoms with van der Waals surface area (Å²) in [6.45, 7) is 3.09. The Balaban J connectivity index is 1.51. The van der Waals surface area contributed by atoms with Crippen LogP contribution in [0, 0.1) is 5.21 Å². The lowest BCUT2D eigenvalue weighted by atomic mass is 9.99. The van der Waals surface area contributed by atoms with Crippen LogP contribution < -0.4 is 4.73 Å². The molecule has 1 aliphatic heterocycles. The molecule has 246 valence electrons. The number of fused-ring (bicyclic) bond motifs is 1. The van der Waals surface area contributed by atoms with Gasteiger partial charge in [0.05, 0.1) is 43.0 Å². The van der Waals surface area contributed by atoms with Crippen molar-refractivity contribution in [2.24, 2.45) is 0 Å². The minimum absolute atomic E-state index is 0.0240. The van der Waals surface area contributed by atoms with Crippen molar-refractivity contribution >= 4 is 50.2 Å². The summed E-state index contributed by atoms with van der Waals surface area (Å²) in [7, 11) is -4.14. The van der Waals surface area contributed by atoms with Crippen molar-refractivity contribution in [2.75, 3.05) is 26.3 Å². The van der Waals surface area contributed by atoms with Crippen molar-refractivity contribution in [3.8, 4) is 11.1 Å². The first-order valence-corrected chi connectivity index (χ1v) is 16.9. The van der Waals surface area contributed by atoms with Gasteiger partial charge in [0.1, 0.15) is 0 Å². The first-order chi connectivity index (χ1) is 22.5. The van der Waals surface area contributed by atoms with Crippen LogP contribution in [0.2, 0.25) is 5.02 Å². The Morgan fingerprint density at radius 1 is 0.809 bits per heavy atom. The number of sulfonamides is 1. The zero-order chi connectivity index (χ0) is 33.7. The molecule has 0 radical (unpaired) electrons. The quantitative estimate of drug-likeness (QED) is 0.135. The molecule has 5 rings (SSSR count). The fourth-order valence-corrected chi connectivity index (χ4v) is 7.49. The van der Waals surface area contributed by atoms with E-state index in [0.29, 0.717) is 15.1 Å². The minimum Gasteiger partial charge on any atom is -0.619 e. The highest BCUT2D eigenvalue weighted by molar-refractivity contribution is 7.89. The maximum atomic E-state index is 14.2. The number of rotatable bonds is 10. The molecule has 0 N–H and O–H groups in total. The van der Waals surface area contributed by atoms with Gasteiger partial charge >= 0.3 is 11.9 Å². The van der Waals surface area contributed by atoms with Gasteiger partial charge in [0.2, 0.25) is 10.0 Å². The van der Waals surface area contributed by atoms with Gasteiger partial charge in [-0.1, -0.05) is 35.9 Å². The standard InChI is InChI=1S/C34H34ClN3O8S/c1-3-45-32(39)19-29-21-37(47(43,44)31-12-10-26-17-28(35)11-9-27(26)18-31)22-30(20-33(40)46-4-2)38(29)34(41)25-7-5-23(6-8-25)24-13-15-36(42)16-14-24/h5-18,29-30H,3-4,19-22H2,1-2H3. The van der Waals surface area contributed by atoms with Gasteiger partial charge in [0.15, 0.2) is 12.4 Å². The molecule has 3 aromatic carbocycles. The largest absolute Gasteiger partial charge is 0.619 e. The summed E-state index contributed by atoms with van der Waals surface area (Å²) in [6, 6.07) is 17.9. The Hall–Kier alpha value is -4.52. The van der Waals surface area contributed by atoms with Crippen molar-refractivity contribution < 1.29 is 37.0 Å². The number of hydrogen-bond acceptors (Lipinski definition) is 8. The van der Waals surface area contributed by atoms with Crippen LogP contribution >= 0.6 is 11.6 Å². The number of aromatic nitrogens is 1. The summed E-state index contributed by atoms with van der Waals surface area (Å²) in [5, 5.41) is 13.4. The first kappa shape index (κ1) is 33.8. The fourth-order valence-electron chi connectivity index (χ4n) is 5.76. The lowest BCUT2D eigenvalue weighted by Crippen LogP contribution is -2.62. The Morgan fingerprint density at radius 3 is 1.91 bits per heavy atom. The van der Waals surface area contributed by atoms with E-state index in [4.69, 9.17) is 21.1 Å². The predicted molar refractivity (Wildman–Crippen MR) is 175 cm³/mol. The van der Waals surface area contributed by atoms with Gasteiger partial charge in [-0.15, -0.1) is 0 Å². The third-order valence-corrected chi connectivity index (χ3v) is 10.0. The third-order valence-electron chi connectivity index (χ3n) is 7.94. The Bertz CT molecular complexity index is 1850. The topological polar surface area (TPSA) is 137 Å². The molecule has 1 amide bonds. The zero-order valence-corrected chi connectivity index (χ0v) is 27.4. The van der Waals surface area contributed by atoms with Crippen molar-refractivity contribution in [3.63, 3.8) is 0 Å². The van der Waals surface area contributed by atoms with Gasteiger partial charge in [-0.05, 0) is 72.1 Å². The summed E-state index contributed by atoms with van der Waals surface area (Å²) in [5.41, 5.74) is 1.81. The van der Waals surface area contributed by atoms with Crippen molar-refractivity contribution in [2.45, 2.75) is 43.7 Å². The third kappa shape index (κ3) is 7.73. The van der Waals surface area contributed by atoms with Crippen molar-refractivity contribution in [3.05, 3.63) is 101 Å². The van der Waals surface area contributed by atoms with E-state index in [1.54, 1.807) is 80.6 Å². The smallest absolute Gasteiger partial charge is 0.307 e. The molecule has 2 unspecified atom stereocenters. The van der Waals surface area contributed by atoms with Gasteiger partial charge in [0.25, 0.3) is 5.91 Å². The van der Waals surface area contributed by atoms with Crippen LogP contribution in [-0.4, -0.2) is 73.9 Å². The highest BCUT2D eigenvalue weighted by Gasteiger charge is 2.44. The van der Waals surface area contributed by atoms with Gasteiger partial charge in [-0.25, -0.2) is 8.42 Å². The Morgan fingerprint density at radius 2 is 1.34 bits per heavy atom. The average molecular weight is 680 g/mol. The maximum absolute atomic E-state index is 14.2. The van der Waals surface area contributed by atoms with Gasteiger partial charge < -0.3 is 19.6 Å². The molecule has 1 aromatic heterocycles. The number of benzene rings is 3. The molecule has 0 bridgehead atoms. The number of carbonyl (C=O) groups is 3. The molecule has 1 saturated heterocycles. The van der Waals surface area contributed by atoms with Crippen LogP contribution in [-0.2, 0) is 29.1 Å². The van der Waals surface area contributed by atoms with Gasteiger partial charge in [0, 0.05) is 35.8 Å². The molecule has 2 heterocycles. The number of halogens is 1. The van der Waals surface area contributed by atoms with E-state index in [2.05, 4.69) is 0 Å². The summed E-state index contributed by atoms with van der Waals surface area (Å²) in [5.74, 6) is -1.70.